The molecule has 0 aliphatic carbocycles. The molecule has 0 radical (unpaired) electrons. The summed E-state index contributed by atoms with van der Waals surface area (Å²) in [5, 5.41) is 8.05. The van der Waals surface area contributed by atoms with Gasteiger partial charge in [0.2, 0.25) is 5.91 Å². The molecule has 0 aromatic heterocycles. The quantitative estimate of drug-likeness (QED) is 0.890. The number of rotatable bonds is 3. The van der Waals surface area contributed by atoms with Gasteiger partial charge in [-0.25, -0.2) is 4.39 Å². The van der Waals surface area contributed by atoms with Crippen LogP contribution in [0.1, 0.15) is 45.2 Å². The molecule has 0 bridgehead atoms. The first-order chi connectivity index (χ1) is 8.86. The first-order valence-electron chi connectivity index (χ1n) is 6.53. The first-order valence-corrected chi connectivity index (χ1v) is 6.53. The summed E-state index contributed by atoms with van der Waals surface area (Å²) in [4.78, 5) is 14.0. The van der Waals surface area contributed by atoms with Crippen LogP contribution in [0.5, 0.6) is 0 Å². The summed E-state index contributed by atoms with van der Waals surface area (Å²) in [6.45, 7) is 5.70. The van der Waals surface area contributed by atoms with Crippen molar-refractivity contribution in [1.82, 2.24) is 4.90 Å². The minimum absolute atomic E-state index is 0.0197. The number of hydrogen-bond donors (Lipinski definition) is 1. The number of carbonyl (C=O) groups is 1. The van der Waals surface area contributed by atoms with Gasteiger partial charge in [-0.15, -0.1) is 0 Å². The predicted octanol–water partition coefficient (Wildman–Crippen LogP) is 3.51. The van der Waals surface area contributed by atoms with E-state index in [-0.39, 0.29) is 17.8 Å². The van der Waals surface area contributed by atoms with Crippen LogP contribution < -0.4 is 0 Å². The molecule has 1 saturated heterocycles. The molecule has 1 atom stereocenters. The lowest BCUT2D eigenvalue weighted by Crippen LogP contribution is -2.36. The zero-order valence-corrected chi connectivity index (χ0v) is 11.5. The molecule has 0 saturated carbocycles. The number of carbonyl (C=O) groups excluding carboxylic acids is 1. The van der Waals surface area contributed by atoms with Gasteiger partial charge >= 0.3 is 0 Å². The van der Waals surface area contributed by atoms with E-state index in [4.69, 9.17) is 5.41 Å². The van der Waals surface area contributed by atoms with E-state index in [1.54, 1.807) is 17.0 Å². The van der Waals surface area contributed by atoms with Gasteiger partial charge in [-0.3, -0.25) is 15.1 Å². The van der Waals surface area contributed by atoms with E-state index in [0.717, 1.165) is 5.56 Å². The predicted molar refractivity (Wildman–Crippen MR) is 72.4 cm³/mol. The molecular weight excluding hydrogens is 243 g/mol. The Labute approximate surface area is 112 Å². The van der Waals surface area contributed by atoms with Gasteiger partial charge in [-0.2, -0.15) is 0 Å². The van der Waals surface area contributed by atoms with Gasteiger partial charge in [0.1, 0.15) is 11.7 Å². The lowest BCUT2D eigenvalue weighted by molar-refractivity contribution is -0.134. The minimum Gasteiger partial charge on any atom is -0.293 e. The van der Waals surface area contributed by atoms with E-state index >= 15 is 0 Å². The maximum atomic E-state index is 13.0. The van der Waals surface area contributed by atoms with E-state index in [1.807, 2.05) is 20.8 Å². The van der Waals surface area contributed by atoms with E-state index in [0.29, 0.717) is 18.7 Å². The van der Waals surface area contributed by atoms with Gasteiger partial charge in [0.05, 0.1) is 11.5 Å². The zero-order valence-electron chi connectivity index (χ0n) is 11.5. The highest BCUT2D eigenvalue weighted by Crippen LogP contribution is 2.38. The second-order valence-electron chi connectivity index (χ2n) is 5.66. The van der Waals surface area contributed by atoms with Gasteiger partial charge in [-0.05, 0) is 24.1 Å². The number of halogens is 1. The van der Waals surface area contributed by atoms with Crippen LogP contribution in [0, 0.1) is 16.6 Å². The molecule has 1 aromatic rings. The summed E-state index contributed by atoms with van der Waals surface area (Å²) < 4.78 is 13.0. The van der Waals surface area contributed by atoms with Crippen molar-refractivity contribution in [2.45, 2.75) is 39.7 Å². The van der Waals surface area contributed by atoms with Crippen LogP contribution in [0.2, 0.25) is 0 Å². The molecule has 1 fully saturated rings. The van der Waals surface area contributed by atoms with Crippen molar-refractivity contribution in [3.63, 3.8) is 0 Å². The Morgan fingerprint density at radius 3 is 2.37 bits per heavy atom. The third-order valence-electron chi connectivity index (χ3n) is 3.65. The van der Waals surface area contributed by atoms with Crippen molar-refractivity contribution < 1.29 is 9.18 Å². The summed E-state index contributed by atoms with van der Waals surface area (Å²) in [7, 11) is 0. The summed E-state index contributed by atoms with van der Waals surface area (Å²) in [6.07, 6.45) is 1.17. The van der Waals surface area contributed by atoms with Gasteiger partial charge in [0.15, 0.2) is 0 Å². The maximum Gasteiger partial charge on any atom is 0.234 e. The molecule has 1 amide bonds. The van der Waals surface area contributed by atoms with Crippen LogP contribution in [-0.2, 0) is 4.79 Å². The average molecular weight is 262 g/mol. The van der Waals surface area contributed by atoms with Crippen LogP contribution in [-0.4, -0.2) is 16.6 Å². The van der Waals surface area contributed by atoms with Crippen molar-refractivity contribution in [3.8, 4) is 0 Å². The summed E-state index contributed by atoms with van der Waals surface area (Å²) in [6, 6.07) is 5.99. The molecule has 4 heteroatoms. The fourth-order valence-electron chi connectivity index (χ4n) is 2.61. The average Bonchev–Trinajstić information content (AvgIpc) is 2.54. The number of amidine groups is 1. The normalized spacial score (nSPS) is 19.9. The SMILES string of the molecule is CCC(c1ccc(F)cc1)N1C(=N)CC(C)(C)C1=O. The molecule has 0 spiro atoms. The van der Waals surface area contributed by atoms with E-state index in [2.05, 4.69) is 0 Å². The van der Waals surface area contributed by atoms with E-state index in [9.17, 15) is 9.18 Å². The van der Waals surface area contributed by atoms with Crippen LogP contribution in [0.3, 0.4) is 0 Å². The highest BCUT2D eigenvalue weighted by molar-refractivity contribution is 6.07. The molecule has 102 valence electrons. The highest BCUT2D eigenvalue weighted by atomic mass is 19.1. The lowest BCUT2D eigenvalue weighted by Gasteiger charge is -2.28. The van der Waals surface area contributed by atoms with Crippen molar-refractivity contribution in [1.29, 1.82) is 5.41 Å². The van der Waals surface area contributed by atoms with Crippen molar-refractivity contribution in [3.05, 3.63) is 35.6 Å². The smallest absolute Gasteiger partial charge is 0.234 e. The van der Waals surface area contributed by atoms with Crippen molar-refractivity contribution >= 4 is 11.7 Å². The van der Waals surface area contributed by atoms with Crippen LogP contribution in [0.15, 0.2) is 24.3 Å². The molecule has 2 rings (SSSR count). The minimum atomic E-state index is -0.509. The standard InChI is InChI=1S/C15H19FN2O/c1-4-12(10-5-7-11(16)8-6-10)18-13(17)9-15(2,3)14(18)19/h5-8,12,17H,4,9H2,1-3H3. The second-order valence-corrected chi connectivity index (χ2v) is 5.66. The van der Waals surface area contributed by atoms with Gasteiger partial charge in [-0.1, -0.05) is 32.9 Å². The van der Waals surface area contributed by atoms with Crippen molar-refractivity contribution in [2.24, 2.45) is 5.41 Å². The third-order valence-corrected chi connectivity index (χ3v) is 3.65. The number of nitrogens with zero attached hydrogens (tertiary/aromatic N) is 1. The highest BCUT2D eigenvalue weighted by Gasteiger charge is 2.45. The molecule has 1 aromatic carbocycles. The molecule has 3 nitrogen and oxygen atoms in total. The number of likely N-dealkylation sites (tertiary alicyclic amines) is 1. The lowest BCUT2D eigenvalue weighted by atomic mass is 9.91. The Morgan fingerprint density at radius 2 is 1.95 bits per heavy atom. The van der Waals surface area contributed by atoms with E-state index in [1.165, 1.54) is 12.1 Å². The molecular formula is C15H19FN2O. The molecule has 1 N–H and O–H groups in total. The fourth-order valence-corrected chi connectivity index (χ4v) is 2.61. The van der Waals surface area contributed by atoms with Crippen LogP contribution in [0.25, 0.3) is 0 Å². The number of hydrogen-bond acceptors (Lipinski definition) is 2. The first kappa shape index (κ1) is 13.7. The number of amides is 1. The zero-order chi connectivity index (χ0) is 14.2. The number of benzene rings is 1. The molecule has 1 unspecified atom stereocenters. The Kier molecular flexibility index (Phi) is 3.43. The largest absolute Gasteiger partial charge is 0.293 e. The number of nitrogens with one attached hydrogen (secondary N) is 1. The van der Waals surface area contributed by atoms with Crippen LogP contribution >= 0.6 is 0 Å². The Hall–Kier alpha value is -1.71. The van der Waals surface area contributed by atoms with Crippen molar-refractivity contribution in [2.75, 3.05) is 0 Å². The second kappa shape index (κ2) is 4.76. The van der Waals surface area contributed by atoms with E-state index < -0.39 is 5.41 Å². The van der Waals surface area contributed by atoms with Gasteiger partial charge in [0, 0.05) is 6.42 Å². The fraction of sp³-hybridized carbons (Fsp3) is 0.467. The summed E-state index contributed by atoms with van der Waals surface area (Å²) in [5.74, 6) is 0.0432. The molecule has 1 aliphatic rings. The topological polar surface area (TPSA) is 44.2 Å². The summed E-state index contributed by atoms with van der Waals surface area (Å²) in [5.41, 5.74) is 0.365. The monoisotopic (exact) mass is 262 g/mol. The van der Waals surface area contributed by atoms with Gasteiger partial charge in [0.25, 0.3) is 0 Å². The Morgan fingerprint density at radius 1 is 1.37 bits per heavy atom. The Bertz CT molecular complexity index is 507. The molecule has 1 heterocycles. The molecule has 1 aliphatic heterocycles. The third kappa shape index (κ3) is 2.39. The van der Waals surface area contributed by atoms with Gasteiger partial charge < -0.3 is 0 Å². The van der Waals surface area contributed by atoms with Crippen LogP contribution in [0.4, 0.5) is 4.39 Å². The maximum absolute atomic E-state index is 13.0. The molecule has 19 heavy (non-hydrogen) atoms. The summed E-state index contributed by atoms with van der Waals surface area (Å²) >= 11 is 0. The Balaban J connectivity index is 2.35.